The average Bonchev–Trinajstić information content (AvgIpc) is 3.47. The number of carbonyl (C=O) groups is 3. The summed E-state index contributed by atoms with van der Waals surface area (Å²) in [5.41, 5.74) is 0. The smallest absolute Gasteiger partial charge is 0.306 e. The van der Waals surface area contributed by atoms with Gasteiger partial charge >= 0.3 is 17.9 Å². The predicted molar refractivity (Wildman–Crippen MR) is 353 cm³/mol. The molecule has 81 heavy (non-hydrogen) atoms. The third kappa shape index (κ3) is 66.2. The first-order chi connectivity index (χ1) is 40.0. The number of hydrogen-bond acceptors (Lipinski definition) is 6. The predicted octanol–water partition coefficient (Wildman–Crippen LogP) is 23.3. The lowest BCUT2D eigenvalue weighted by Gasteiger charge is -2.18. The van der Waals surface area contributed by atoms with E-state index in [1.54, 1.807) is 0 Å². The normalized spacial score (nSPS) is 13.0. The average molecular weight is 1120 g/mol. The number of rotatable bonds is 60. The van der Waals surface area contributed by atoms with E-state index in [0.717, 1.165) is 148 Å². The first-order valence-corrected chi connectivity index (χ1v) is 33.7. The molecule has 0 saturated carbocycles. The molecule has 0 N–H and O–H groups in total. The van der Waals surface area contributed by atoms with Crippen LogP contribution >= 0.6 is 0 Å². The third-order valence-corrected chi connectivity index (χ3v) is 14.1. The van der Waals surface area contributed by atoms with Crippen LogP contribution in [0.4, 0.5) is 0 Å². The van der Waals surface area contributed by atoms with Gasteiger partial charge in [0.25, 0.3) is 0 Å². The van der Waals surface area contributed by atoms with Gasteiger partial charge in [0.15, 0.2) is 6.10 Å². The molecule has 0 aliphatic carbocycles. The molecule has 6 nitrogen and oxygen atoms in total. The Morgan fingerprint density at radius 1 is 0.259 bits per heavy atom. The molecular formula is C75H124O6. The van der Waals surface area contributed by atoms with Gasteiger partial charge in [-0.3, -0.25) is 14.4 Å². The second-order valence-corrected chi connectivity index (χ2v) is 22.0. The number of allylic oxidation sites excluding steroid dienone is 22. The van der Waals surface area contributed by atoms with Crippen LogP contribution < -0.4 is 0 Å². The summed E-state index contributed by atoms with van der Waals surface area (Å²) in [5.74, 6) is -0.908. The maximum absolute atomic E-state index is 12.9. The Bertz CT molecular complexity index is 1720. The van der Waals surface area contributed by atoms with E-state index in [2.05, 4.69) is 154 Å². The zero-order valence-electron chi connectivity index (χ0n) is 52.8. The van der Waals surface area contributed by atoms with Crippen LogP contribution in [0.1, 0.15) is 303 Å². The van der Waals surface area contributed by atoms with E-state index in [-0.39, 0.29) is 31.1 Å². The molecule has 0 aromatic rings. The molecule has 1 unspecified atom stereocenters. The van der Waals surface area contributed by atoms with Crippen molar-refractivity contribution in [2.24, 2.45) is 0 Å². The summed E-state index contributed by atoms with van der Waals surface area (Å²) >= 11 is 0. The molecule has 460 valence electrons. The van der Waals surface area contributed by atoms with Crippen LogP contribution in [0.15, 0.2) is 134 Å². The summed E-state index contributed by atoms with van der Waals surface area (Å²) in [7, 11) is 0. The molecule has 0 bridgehead atoms. The van der Waals surface area contributed by atoms with Crippen LogP contribution in [0, 0.1) is 0 Å². The largest absolute Gasteiger partial charge is 0.462 e. The van der Waals surface area contributed by atoms with E-state index in [1.807, 2.05) is 0 Å². The Balaban J connectivity index is 4.27. The van der Waals surface area contributed by atoms with Crippen molar-refractivity contribution in [1.82, 2.24) is 0 Å². The zero-order chi connectivity index (χ0) is 58.5. The van der Waals surface area contributed by atoms with Crippen LogP contribution in [0.2, 0.25) is 0 Å². The molecule has 0 radical (unpaired) electrons. The second-order valence-electron chi connectivity index (χ2n) is 22.0. The van der Waals surface area contributed by atoms with Crippen LogP contribution in [-0.2, 0) is 28.6 Å². The van der Waals surface area contributed by atoms with Gasteiger partial charge in [-0.1, -0.05) is 296 Å². The Kier molecular flexibility index (Phi) is 64.3. The van der Waals surface area contributed by atoms with Gasteiger partial charge < -0.3 is 14.2 Å². The topological polar surface area (TPSA) is 78.9 Å². The van der Waals surface area contributed by atoms with E-state index in [0.29, 0.717) is 19.3 Å². The number of carbonyl (C=O) groups excluding carboxylic acids is 3. The second kappa shape index (κ2) is 68.1. The Hall–Kier alpha value is -4.45. The van der Waals surface area contributed by atoms with Crippen molar-refractivity contribution >= 4 is 17.9 Å². The Morgan fingerprint density at radius 2 is 0.481 bits per heavy atom. The number of hydrogen-bond donors (Lipinski definition) is 0. The molecular weight excluding hydrogens is 997 g/mol. The van der Waals surface area contributed by atoms with Crippen LogP contribution in [-0.4, -0.2) is 37.2 Å². The Morgan fingerprint density at radius 3 is 0.765 bits per heavy atom. The number of unbranched alkanes of at least 4 members (excludes halogenated alkanes) is 27. The van der Waals surface area contributed by atoms with Crippen molar-refractivity contribution < 1.29 is 28.6 Å². The zero-order valence-corrected chi connectivity index (χ0v) is 52.8. The lowest BCUT2D eigenvalue weighted by atomic mass is 10.0. The maximum Gasteiger partial charge on any atom is 0.306 e. The first-order valence-electron chi connectivity index (χ1n) is 33.7. The molecule has 1 atom stereocenters. The minimum Gasteiger partial charge on any atom is -0.462 e. The molecule has 0 aliphatic heterocycles. The van der Waals surface area contributed by atoms with Gasteiger partial charge in [-0.05, 0) is 122 Å². The molecule has 0 aromatic carbocycles. The van der Waals surface area contributed by atoms with Gasteiger partial charge in [-0.25, -0.2) is 0 Å². The minimum atomic E-state index is -0.792. The first kappa shape index (κ1) is 76.5. The van der Waals surface area contributed by atoms with Gasteiger partial charge in [0.1, 0.15) is 13.2 Å². The lowest BCUT2D eigenvalue weighted by molar-refractivity contribution is -0.167. The van der Waals surface area contributed by atoms with Crippen molar-refractivity contribution in [2.75, 3.05) is 13.2 Å². The summed E-state index contributed by atoms with van der Waals surface area (Å²) in [6.45, 7) is 6.50. The fourth-order valence-electron chi connectivity index (χ4n) is 9.11. The Labute approximate surface area is 500 Å². The van der Waals surface area contributed by atoms with Gasteiger partial charge in [0.2, 0.25) is 0 Å². The van der Waals surface area contributed by atoms with Crippen molar-refractivity contribution in [3.8, 4) is 0 Å². The molecule has 0 heterocycles. The summed E-state index contributed by atoms with van der Waals surface area (Å²) in [6, 6.07) is 0. The van der Waals surface area contributed by atoms with Gasteiger partial charge in [-0.2, -0.15) is 0 Å². The maximum atomic E-state index is 12.9. The molecule has 0 amide bonds. The molecule has 0 aliphatic rings. The monoisotopic (exact) mass is 1120 g/mol. The molecule has 0 spiro atoms. The van der Waals surface area contributed by atoms with Crippen molar-refractivity contribution in [2.45, 2.75) is 309 Å². The van der Waals surface area contributed by atoms with Crippen molar-refractivity contribution in [1.29, 1.82) is 0 Å². The lowest BCUT2D eigenvalue weighted by Crippen LogP contribution is -2.30. The SMILES string of the molecule is CC/C=C\C/C=C\C/C=C\C/C=C\C/C=C\C/C=C\C/C=C\C/C=C\C/C=C\CCCCCCCCCC(=O)OCC(COC(=O)CCCCCCCCCCCCCC)OC(=O)CCCCCCC/C=C\C/C=C\CCCCCC. The molecule has 0 fully saturated rings. The fourth-order valence-corrected chi connectivity index (χ4v) is 9.11. The van der Waals surface area contributed by atoms with Gasteiger partial charge in [0, 0.05) is 19.3 Å². The van der Waals surface area contributed by atoms with E-state index >= 15 is 0 Å². The van der Waals surface area contributed by atoms with Gasteiger partial charge in [0.05, 0.1) is 0 Å². The van der Waals surface area contributed by atoms with E-state index < -0.39 is 6.10 Å². The highest BCUT2D eigenvalue weighted by Crippen LogP contribution is 2.15. The number of ether oxygens (including phenoxy) is 3. The molecule has 0 saturated heterocycles. The van der Waals surface area contributed by atoms with E-state index in [1.165, 1.54) is 116 Å². The van der Waals surface area contributed by atoms with E-state index in [9.17, 15) is 14.4 Å². The summed E-state index contributed by atoms with van der Waals surface area (Å²) in [5, 5.41) is 0. The molecule has 6 heteroatoms. The summed E-state index contributed by atoms with van der Waals surface area (Å²) in [6.07, 6.45) is 96.1. The highest BCUT2D eigenvalue weighted by Gasteiger charge is 2.19. The quantitative estimate of drug-likeness (QED) is 0.0261. The molecule has 0 aromatic heterocycles. The van der Waals surface area contributed by atoms with Gasteiger partial charge in [-0.15, -0.1) is 0 Å². The third-order valence-electron chi connectivity index (χ3n) is 14.1. The van der Waals surface area contributed by atoms with Crippen LogP contribution in [0.25, 0.3) is 0 Å². The molecule has 0 rings (SSSR count). The van der Waals surface area contributed by atoms with Crippen molar-refractivity contribution in [3.63, 3.8) is 0 Å². The van der Waals surface area contributed by atoms with Crippen molar-refractivity contribution in [3.05, 3.63) is 134 Å². The van der Waals surface area contributed by atoms with E-state index in [4.69, 9.17) is 14.2 Å². The van der Waals surface area contributed by atoms with Crippen LogP contribution in [0.3, 0.4) is 0 Å². The highest BCUT2D eigenvalue weighted by molar-refractivity contribution is 5.71. The summed E-state index contributed by atoms with van der Waals surface area (Å²) in [4.78, 5) is 38.3. The van der Waals surface area contributed by atoms with Crippen LogP contribution in [0.5, 0.6) is 0 Å². The number of esters is 3. The fraction of sp³-hybridized carbons (Fsp3) is 0.667. The standard InChI is InChI=1S/C75H124O6/c1-4-7-10-13-16-19-22-25-27-29-30-31-32-33-34-35-36-37-38-39-40-41-42-43-44-45-46-47-49-50-53-56-59-62-65-68-74(77)80-71-72(70-79-73(76)67-64-61-58-55-52-24-21-18-15-12-9-6-3)81-75(78)69-66-63-60-57-54-51-48-28-26-23-20-17-14-11-8-5-2/h7,10,16,19-20,23,25,27-28,30-31,33-34,36-37,39-40,42-43,45-46,48,72H,4-6,8-9,11-15,17-18,21-22,24,26,29,32,35,38,41,44,47,49-71H2,1-3H3/b10-7-,19-16-,23-20-,27-25-,31-30-,34-33-,37-36-,40-39-,43-42-,46-45-,48-28-. The highest BCUT2D eigenvalue weighted by atomic mass is 16.6. The summed E-state index contributed by atoms with van der Waals surface area (Å²) < 4.78 is 16.9. The minimum absolute atomic E-state index is 0.0870.